The molecular formula is C17H25IN2O. The van der Waals surface area contributed by atoms with Gasteiger partial charge in [-0.2, -0.15) is 0 Å². The van der Waals surface area contributed by atoms with Gasteiger partial charge in [-0.05, 0) is 79.1 Å². The van der Waals surface area contributed by atoms with E-state index in [1.54, 1.807) is 0 Å². The first-order valence-electron chi connectivity index (χ1n) is 7.98. The monoisotopic (exact) mass is 400 g/mol. The third-order valence-electron chi connectivity index (χ3n) is 4.23. The predicted octanol–water partition coefficient (Wildman–Crippen LogP) is 3.68. The van der Waals surface area contributed by atoms with Crippen molar-refractivity contribution in [1.82, 2.24) is 10.2 Å². The van der Waals surface area contributed by atoms with Gasteiger partial charge in [-0.1, -0.05) is 13.3 Å². The molecule has 0 aromatic heterocycles. The lowest BCUT2D eigenvalue weighted by molar-refractivity contribution is 0.0947. The quantitative estimate of drug-likeness (QED) is 0.584. The zero-order valence-electron chi connectivity index (χ0n) is 12.8. The Labute approximate surface area is 141 Å². The van der Waals surface area contributed by atoms with E-state index in [4.69, 9.17) is 0 Å². The van der Waals surface area contributed by atoms with Gasteiger partial charge in [0, 0.05) is 28.3 Å². The number of hydrogen-bond donors (Lipinski definition) is 1. The third-order valence-corrected chi connectivity index (χ3v) is 4.95. The molecule has 116 valence electrons. The number of nitrogens with zero attached hydrogens (tertiary/aromatic N) is 1. The van der Waals surface area contributed by atoms with Gasteiger partial charge in [-0.25, -0.2) is 0 Å². The van der Waals surface area contributed by atoms with E-state index < -0.39 is 0 Å². The van der Waals surface area contributed by atoms with Crippen molar-refractivity contribution >= 4 is 28.5 Å². The van der Waals surface area contributed by atoms with Gasteiger partial charge in [-0.3, -0.25) is 4.79 Å². The van der Waals surface area contributed by atoms with Crippen molar-refractivity contribution in [1.29, 1.82) is 0 Å². The first kappa shape index (κ1) is 16.7. The van der Waals surface area contributed by atoms with Crippen LogP contribution in [0.2, 0.25) is 0 Å². The molecule has 2 rings (SSSR count). The molecule has 0 bridgehead atoms. The summed E-state index contributed by atoms with van der Waals surface area (Å²) in [6.45, 7) is 5.37. The summed E-state index contributed by atoms with van der Waals surface area (Å²) in [6.07, 6.45) is 6.32. The number of halogens is 1. The lowest BCUT2D eigenvalue weighted by atomic mass is 10.00. The van der Waals surface area contributed by atoms with Crippen LogP contribution in [0.5, 0.6) is 0 Å². The average molecular weight is 400 g/mol. The van der Waals surface area contributed by atoms with Crippen molar-refractivity contribution in [3.8, 4) is 0 Å². The van der Waals surface area contributed by atoms with Crippen LogP contribution in [0.25, 0.3) is 0 Å². The highest BCUT2D eigenvalue weighted by Crippen LogP contribution is 2.19. The Balaban J connectivity index is 1.69. The van der Waals surface area contributed by atoms with E-state index >= 15 is 0 Å². The molecule has 0 spiro atoms. The van der Waals surface area contributed by atoms with E-state index in [1.807, 2.05) is 24.3 Å². The van der Waals surface area contributed by atoms with Gasteiger partial charge in [-0.15, -0.1) is 0 Å². The van der Waals surface area contributed by atoms with Crippen LogP contribution in [0.15, 0.2) is 24.3 Å². The molecule has 0 radical (unpaired) electrons. The maximum Gasteiger partial charge on any atom is 0.251 e. The minimum Gasteiger partial charge on any atom is -0.352 e. The number of benzene rings is 1. The summed E-state index contributed by atoms with van der Waals surface area (Å²) in [5.41, 5.74) is 0.750. The smallest absolute Gasteiger partial charge is 0.251 e. The van der Waals surface area contributed by atoms with Crippen LogP contribution in [-0.4, -0.2) is 36.5 Å². The number of amides is 1. The van der Waals surface area contributed by atoms with Crippen molar-refractivity contribution in [2.24, 2.45) is 0 Å². The fraction of sp³-hybridized carbons (Fsp3) is 0.588. The third kappa shape index (κ3) is 5.25. The SMILES string of the molecule is CC[C@@H]1CCCCN1CCCNC(=O)c1ccc(I)cc1. The Morgan fingerprint density at radius 2 is 2.10 bits per heavy atom. The van der Waals surface area contributed by atoms with E-state index in [2.05, 4.69) is 39.7 Å². The summed E-state index contributed by atoms with van der Waals surface area (Å²) in [6, 6.07) is 8.46. The summed E-state index contributed by atoms with van der Waals surface area (Å²) < 4.78 is 1.15. The largest absolute Gasteiger partial charge is 0.352 e. The van der Waals surface area contributed by atoms with Crippen LogP contribution in [0, 0.1) is 3.57 Å². The van der Waals surface area contributed by atoms with Crippen molar-refractivity contribution in [2.45, 2.75) is 45.1 Å². The van der Waals surface area contributed by atoms with Gasteiger partial charge in [0.25, 0.3) is 5.91 Å². The van der Waals surface area contributed by atoms with Crippen molar-refractivity contribution in [2.75, 3.05) is 19.6 Å². The molecule has 1 amide bonds. The molecule has 21 heavy (non-hydrogen) atoms. The lowest BCUT2D eigenvalue weighted by Crippen LogP contribution is -2.40. The van der Waals surface area contributed by atoms with E-state index in [0.717, 1.165) is 34.7 Å². The summed E-state index contributed by atoms with van der Waals surface area (Å²) >= 11 is 2.25. The first-order chi connectivity index (χ1) is 10.2. The van der Waals surface area contributed by atoms with Crippen molar-refractivity contribution in [3.63, 3.8) is 0 Å². The molecule has 1 aliphatic rings. The number of carbonyl (C=O) groups is 1. The van der Waals surface area contributed by atoms with Crippen LogP contribution in [0.4, 0.5) is 0 Å². The van der Waals surface area contributed by atoms with E-state index in [-0.39, 0.29) is 5.91 Å². The number of carbonyl (C=O) groups excluding carboxylic acids is 1. The molecule has 1 aromatic carbocycles. The van der Waals surface area contributed by atoms with Crippen LogP contribution in [0.1, 0.15) is 49.4 Å². The molecule has 1 atom stereocenters. The van der Waals surface area contributed by atoms with Gasteiger partial charge in [0.15, 0.2) is 0 Å². The zero-order valence-corrected chi connectivity index (χ0v) is 14.9. The van der Waals surface area contributed by atoms with E-state index in [9.17, 15) is 4.79 Å². The standard InChI is InChI=1S/C17H25IN2O/c1-2-16-6-3-4-12-20(16)13-5-11-19-17(21)14-7-9-15(18)10-8-14/h7-10,16H,2-6,11-13H2,1H3,(H,19,21)/t16-/m1/s1. The molecule has 4 heteroatoms. The zero-order chi connectivity index (χ0) is 15.1. The van der Waals surface area contributed by atoms with Gasteiger partial charge in [0.1, 0.15) is 0 Å². The fourth-order valence-electron chi connectivity index (χ4n) is 3.00. The maximum atomic E-state index is 12.0. The second-order valence-electron chi connectivity index (χ2n) is 5.71. The number of likely N-dealkylation sites (tertiary alicyclic amines) is 1. The van der Waals surface area contributed by atoms with Crippen LogP contribution >= 0.6 is 22.6 Å². The molecule has 0 aliphatic carbocycles. The van der Waals surface area contributed by atoms with Gasteiger partial charge < -0.3 is 10.2 Å². The van der Waals surface area contributed by atoms with Gasteiger partial charge in [0.05, 0.1) is 0 Å². The van der Waals surface area contributed by atoms with Gasteiger partial charge >= 0.3 is 0 Å². The molecule has 3 nitrogen and oxygen atoms in total. The number of hydrogen-bond acceptors (Lipinski definition) is 2. The summed E-state index contributed by atoms with van der Waals surface area (Å²) in [7, 11) is 0. The minimum atomic E-state index is 0.0390. The van der Waals surface area contributed by atoms with Crippen LogP contribution in [-0.2, 0) is 0 Å². The van der Waals surface area contributed by atoms with Gasteiger partial charge in [0.2, 0.25) is 0 Å². The fourth-order valence-corrected chi connectivity index (χ4v) is 3.36. The normalized spacial score (nSPS) is 19.4. The topological polar surface area (TPSA) is 32.3 Å². The Hall–Kier alpha value is -0.620. The highest BCUT2D eigenvalue weighted by Gasteiger charge is 2.19. The average Bonchev–Trinajstić information content (AvgIpc) is 2.52. The second-order valence-corrected chi connectivity index (χ2v) is 6.96. The molecule has 1 heterocycles. The number of nitrogens with one attached hydrogen (secondary N) is 1. The Morgan fingerprint density at radius 1 is 1.33 bits per heavy atom. The molecule has 0 saturated carbocycles. The minimum absolute atomic E-state index is 0.0390. The molecular weight excluding hydrogens is 375 g/mol. The summed E-state index contributed by atoms with van der Waals surface area (Å²) in [4.78, 5) is 14.6. The second kappa shape index (κ2) is 8.73. The molecule has 1 fully saturated rings. The Kier molecular flexibility index (Phi) is 6.96. The number of rotatable bonds is 6. The lowest BCUT2D eigenvalue weighted by Gasteiger charge is -2.35. The molecule has 0 unspecified atom stereocenters. The van der Waals surface area contributed by atoms with Crippen LogP contribution in [0.3, 0.4) is 0 Å². The highest BCUT2D eigenvalue weighted by molar-refractivity contribution is 14.1. The summed E-state index contributed by atoms with van der Waals surface area (Å²) in [5, 5.41) is 3.02. The van der Waals surface area contributed by atoms with Crippen molar-refractivity contribution < 1.29 is 4.79 Å². The molecule has 1 N–H and O–H groups in total. The Morgan fingerprint density at radius 3 is 2.81 bits per heavy atom. The summed E-state index contributed by atoms with van der Waals surface area (Å²) in [5.74, 6) is 0.0390. The predicted molar refractivity (Wildman–Crippen MR) is 95.6 cm³/mol. The van der Waals surface area contributed by atoms with E-state index in [0.29, 0.717) is 0 Å². The van der Waals surface area contributed by atoms with Crippen molar-refractivity contribution in [3.05, 3.63) is 33.4 Å². The molecule has 1 aromatic rings. The Bertz CT molecular complexity index is 447. The molecule has 1 aliphatic heterocycles. The molecule has 1 saturated heterocycles. The first-order valence-corrected chi connectivity index (χ1v) is 9.06. The van der Waals surface area contributed by atoms with E-state index in [1.165, 1.54) is 32.2 Å². The highest BCUT2D eigenvalue weighted by atomic mass is 127. The van der Waals surface area contributed by atoms with Crippen LogP contribution < -0.4 is 5.32 Å². The maximum absolute atomic E-state index is 12.0. The number of piperidine rings is 1.